The SMILES string of the molecule is CC1CCCCN1S(=O)(=O)c1cccc(C(=O)NCC2CNCC2O)c1. The zero-order valence-electron chi connectivity index (χ0n) is 15.0. The lowest BCUT2D eigenvalue weighted by molar-refractivity contribution is 0.0927. The summed E-state index contributed by atoms with van der Waals surface area (Å²) < 4.78 is 27.4. The lowest BCUT2D eigenvalue weighted by Crippen LogP contribution is -2.42. The minimum absolute atomic E-state index is 0.0254. The molecule has 0 aliphatic carbocycles. The van der Waals surface area contributed by atoms with Crippen LogP contribution in [0.1, 0.15) is 36.5 Å². The molecule has 0 bridgehead atoms. The van der Waals surface area contributed by atoms with Gasteiger partial charge < -0.3 is 15.7 Å². The topological polar surface area (TPSA) is 98.7 Å². The van der Waals surface area contributed by atoms with Gasteiger partial charge in [0.25, 0.3) is 5.91 Å². The summed E-state index contributed by atoms with van der Waals surface area (Å²) in [5, 5.41) is 15.7. The van der Waals surface area contributed by atoms with Gasteiger partial charge in [-0.15, -0.1) is 0 Å². The van der Waals surface area contributed by atoms with Gasteiger partial charge in [0.05, 0.1) is 11.0 Å². The lowest BCUT2D eigenvalue weighted by atomic mass is 10.1. The van der Waals surface area contributed by atoms with Gasteiger partial charge in [0, 0.05) is 43.7 Å². The molecule has 2 fully saturated rings. The van der Waals surface area contributed by atoms with E-state index in [-0.39, 0.29) is 22.8 Å². The second kappa shape index (κ2) is 8.04. The van der Waals surface area contributed by atoms with Crippen LogP contribution in [0, 0.1) is 5.92 Å². The largest absolute Gasteiger partial charge is 0.391 e. The molecule has 7 nitrogen and oxygen atoms in total. The van der Waals surface area contributed by atoms with E-state index in [9.17, 15) is 18.3 Å². The summed E-state index contributed by atoms with van der Waals surface area (Å²) in [7, 11) is -3.60. The van der Waals surface area contributed by atoms with Crippen molar-refractivity contribution in [1.82, 2.24) is 14.9 Å². The number of amides is 1. The monoisotopic (exact) mass is 381 g/mol. The van der Waals surface area contributed by atoms with Gasteiger partial charge in [-0.2, -0.15) is 4.31 Å². The normalized spacial score (nSPS) is 27.4. The van der Waals surface area contributed by atoms with E-state index in [1.54, 1.807) is 12.1 Å². The van der Waals surface area contributed by atoms with Gasteiger partial charge in [0.1, 0.15) is 0 Å². The molecule has 2 heterocycles. The molecule has 26 heavy (non-hydrogen) atoms. The Morgan fingerprint density at radius 2 is 2.15 bits per heavy atom. The number of nitrogens with one attached hydrogen (secondary N) is 2. The third kappa shape index (κ3) is 4.09. The molecule has 1 aromatic rings. The number of benzene rings is 1. The number of rotatable bonds is 5. The smallest absolute Gasteiger partial charge is 0.251 e. The number of β-amino-alcohol motifs (C(OH)–C–C–N with tert-alkyl or cyclic N) is 1. The summed E-state index contributed by atoms with van der Waals surface area (Å²) in [5.41, 5.74) is 0.316. The third-order valence-corrected chi connectivity index (χ3v) is 7.28. The molecule has 144 valence electrons. The van der Waals surface area contributed by atoms with E-state index < -0.39 is 16.1 Å². The molecule has 3 N–H and O–H groups in total. The van der Waals surface area contributed by atoms with Crippen LogP contribution in [0.4, 0.5) is 0 Å². The van der Waals surface area contributed by atoms with Crippen molar-refractivity contribution in [3.63, 3.8) is 0 Å². The molecule has 0 spiro atoms. The number of hydrogen-bond acceptors (Lipinski definition) is 5. The van der Waals surface area contributed by atoms with Gasteiger partial charge in [-0.3, -0.25) is 4.79 Å². The van der Waals surface area contributed by atoms with Crippen LogP contribution < -0.4 is 10.6 Å². The molecule has 3 rings (SSSR count). The molecule has 8 heteroatoms. The first-order chi connectivity index (χ1) is 12.4. The average molecular weight is 381 g/mol. The van der Waals surface area contributed by atoms with Crippen LogP contribution in [-0.4, -0.2) is 62.1 Å². The Kier molecular flexibility index (Phi) is 5.96. The zero-order chi connectivity index (χ0) is 18.7. The molecule has 3 atom stereocenters. The number of carbonyl (C=O) groups excluding carboxylic acids is 1. The van der Waals surface area contributed by atoms with Crippen LogP contribution in [0.15, 0.2) is 29.2 Å². The van der Waals surface area contributed by atoms with E-state index in [0.717, 1.165) is 19.3 Å². The fourth-order valence-corrected chi connectivity index (χ4v) is 5.36. The molecule has 2 aliphatic rings. The molecule has 2 saturated heterocycles. The number of carbonyl (C=O) groups is 1. The van der Waals surface area contributed by atoms with Gasteiger partial charge in [0.2, 0.25) is 10.0 Å². The summed E-state index contributed by atoms with van der Waals surface area (Å²) in [6.07, 6.45) is 2.29. The van der Waals surface area contributed by atoms with Crippen LogP contribution in [0.25, 0.3) is 0 Å². The summed E-state index contributed by atoms with van der Waals surface area (Å²) in [6, 6.07) is 6.16. The number of piperidine rings is 1. The van der Waals surface area contributed by atoms with Crippen molar-refractivity contribution in [2.45, 2.75) is 43.2 Å². The van der Waals surface area contributed by atoms with E-state index in [1.807, 2.05) is 6.92 Å². The predicted molar refractivity (Wildman–Crippen MR) is 98.3 cm³/mol. The number of aliphatic hydroxyl groups is 1. The third-order valence-electron chi connectivity index (χ3n) is 5.27. The van der Waals surface area contributed by atoms with Crippen LogP contribution in [-0.2, 0) is 10.0 Å². The lowest BCUT2D eigenvalue weighted by Gasteiger charge is -2.32. The van der Waals surface area contributed by atoms with Crippen LogP contribution in [0.5, 0.6) is 0 Å². The van der Waals surface area contributed by atoms with Crippen molar-refractivity contribution in [3.8, 4) is 0 Å². The van der Waals surface area contributed by atoms with Crippen molar-refractivity contribution < 1.29 is 18.3 Å². The fraction of sp³-hybridized carbons (Fsp3) is 0.611. The van der Waals surface area contributed by atoms with E-state index >= 15 is 0 Å². The molecule has 2 aliphatic heterocycles. The highest BCUT2D eigenvalue weighted by Gasteiger charge is 2.31. The van der Waals surface area contributed by atoms with Gasteiger partial charge >= 0.3 is 0 Å². The highest BCUT2D eigenvalue weighted by molar-refractivity contribution is 7.89. The van der Waals surface area contributed by atoms with Gasteiger partial charge in [0.15, 0.2) is 0 Å². The first kappa shape index (κ1) is 19.3. The number of nitrogens with zero attached hydrogens (tertiary/aromatic N) is 1. The first-order valence-electron chi connectivity index (χ1n) is 9.18. The molecule has 1 amide bonds. The second-order valence-electron chi connectivity index (χ2n) is 7.18. The van der Waals surface area contributed by atoms with Gasteiger partial charge in [-0.05, 0) is 38.0 Å². The highest BCUT2D eigenvalue weighted by atomic mass is 32.2. The predicted octanol–water partition coefficient (Wildman–Crippen LogP) is 0.560. The molecule has 0 aromatic heterocycles. The Morgan fingerprint density at radius 3 is 2.85 bits per heavy atom. The van der Waals surface area contributed by atoms with E-state index in [2.05, 4.69) is 10.6 Å². The summed E-state index contributed by atoms with van der Waals surface area (Å²) in [6.45, 7) is 3.98. The maximum Gasteiger partial charge on any atom is 0.251 e. The average Bonchev–Trinajstić information content (AvgIpc) is 3.05. The van der Waals surface area contributed by atoms with Crippen LogP contribution >= 0.6 is 0 Å². The summed E-state index contributed by atoms with van der Waals surface area (Å²) >= 11 is 0. The number of sulfonamides is 1. The molecule has 0 saturated carbocycles. The maximum atomic E-state index is 12.9. The van der Waals surface area contributed by atoms with Crippen molar-refractivity contribution in [2.75, 3.05) is 26.2 Å². The molecule has 0 radical (unpaired) electrons. The van der Waals surface area contributed by atoms with Crippen LogP contribution in [0.2, 0.25) is 0 Å². The summed E-state index contributed by atoms with van der Waals surface area (Å²) in [5.74, 6) is -0.354. The van der Waals surface area contributed by atoms with E-state index in [4.69, 9.17) is 0 Å². The van der Waals surface area contributed by atoms with E-state index in [0.29, 0.717) is 31.7 Å². The minimum Gasteiger partial charge on any atom is -0.391 e. The molecular weight excluding hydrogens is 354 g/mol. The Labute approximate surface area is 154 Å². The Bertz CT molecular complexity index is 753. The van der Waals surface area contributed by atoms with Crippen molar-refractivity contribution >= 4 is 15.9 Å². The minimum atomic E-state index is -3.60. The molecular formula is C18H27N3O4S. The fourth-order valence-electron chi connectivity index (χ4n) is 3.62. The van der Waals surface area contributed by atoms with Gasteiger partial charge in [-0.25, -0.2) is 8.42 Å². The number of hydrogen-bond donors (Lipinski definition) is 3. The number of aliphatic hydroxyl groups excluding tert-OH is 1. The second-order valence-corrected chi connectivity index (χ2v) is 9.07. The van der Waals surface area contributed by atoms with Crippen molar-refractivity contribution in [3.05, 3.63) is 29.8 Å². The van der Waals surface area contributed by atoms with Gasteiger partial charge in [-0.1, -0.05) is 12.5 Å². The zero-order valence-corrected chi connectivity index (χ0v) is 15.8. The first-order valence-corrected chi connectivity index (χ1v) is 10.6. The van der Waals surface area contributed by atoms with Crippen molar-refractivity contribution in [1.29, 1.82) is 0 Å². The Balaban J connectivity index is 1.71. The quantitative estimate of drug-likeness (QED) is 0.692. The van der Waals surface area contributed by atoms with E-state index in [1.165, 1.54) is 16.4 Å². The summed E-state index contributed by atoms with van der Waals surface area (Å²) in [4.78, 5) is 12.6. The van der Waals surface area contributed by atoms with Crippen LogP contribution in [0.3, 0.4) is 0 Å². The Hall–Kier alpha value is -1.48. The Morgan fingerprint density at radius 1 is 1.35 bits per heavy atom. The molecule has 1 aromatic carbocycles. The maximum absolute atomic E-state index is 12.9. The standard InChI is InChI=1S/C18H27N3O4S/c1-13-5-2-3-8-21(13)26(24,25)16-7-4-6-14(9-16)18(23)20-11-15-10-19-12-17(15)22/h4,6-7,9,13,15,17,19,22H,2-3,5,8,10-12H2,1H3,(H,20,23). The molecule has 3 unspecified atom stereocenters. The highest BCUT2D eigenvalue weighted by Crippen LogP contribution is 2.25. The van der Waals surface area contributed by atoms with Crippen molar-refractivity contribution in [2.24, 2.45) is 5.92 Å².